The van der Waals surface area contributed by atoms with Crippen LogP contribution in [0.15, 0.2) is 17.5 Å². The van der Waals surface area contributed by atoms with E-state index in [9.17, 15) is 9.59 Å². The van der Waals surface area contributed by atoms with Gasteiger partial charge in [0.25, 0.3) is 5.91 Å². The lowest BCUT2D eigenvalue weighted by Crippen LogP contribution is -2.52. The monoisotopic (exact) mass is 211 g/mol. The number of likely N-dealkylation sites (tertiary alicyclic amines) is 1. The molecule has 1 saturated heterocycles. The SMILES string of the molecule is O=C(O)C1CN(C(=O)c2cccs2)C1. The summed E-state index contributed by atoms with van der Waals surface area (Å²) in [5, 5.41) is 10.5. The first-order chi connectivity index (χ1) is 6.68. The molecule has 1 N–H and O–H groups in total. The minimum Gasteiger partial charge on any atom is -0.481 e. The van der Waals surface area contributed by atoms with Crippen LogP contribution in [0.4, 0.5) is 0 Å². The number of hydrogen-bond acceptors (Lipinski definition) is 3. The summed E-state index contributed by atoms with van der Waals surface area (Å²) in [5.74, 6) is -1.25. The summed E-state index contributed by atoms with van der Waals surface area (Å²) in [6.45, 7) is 0.679. The van der Waals surface area contributed by atoms with Crippen LogP contribution in [-0.4, -0.2) is 35.0 Å². The number of nitrogens with zero attached hydrogens (tertiary/aromatic N) is 1. The third-order valence-electron chi connectivity index (χ3n) is 2.25. The van der Waals surface area contributed by atoms with Crippen LogP contribution in [-0.2, 0) is 4.79 Å². The number of carbonyl (C=O) groups is 2. The quantitative estimate of drug-likeness (QED) is 0.790. The van der Waals surface area contributed by atoms with Crippen molar-refractivity contribution in [1.82, 2.24) is 4.90 Å². The third-order valence-corrected chi connectivity index (χ3v) is 3.11. The number of carboxylic acids is 1. The highest BCUT2D eigenvalue weighted by Gasteiger charge is 2.36. The van der Waals surface area contributed by atoms with Crippen LogP contribution in [0.3, 0.4) is 0 Å². The molecule has 1 fully saturated rings. The summed E-state index contributed by atoms with van der Waals surface area (Å²) in [5.41, 5.74) is 0. The topological polar surface area (TPSA) is 57.6 Å². The Balaban J connectivity index is 1.95. The lowest BCUT2D eigenvalue weighted by Gasteiger charge is -2.36. The van der Waals surface area contributed by atoms with E-state index in [1.807, 2.05) is 11.4 Å². The molecular weight excluding hydrogens is 202 g/mol. The zero-order valence-electron chi connectivity index (χ0n) is 7.34. The maximum Gasteiger partial charge on any atom is 0.310 e. The number of aliphatic carboxylic acids is 1. The fourth-order valence-corrected chi connectivity index (χ4v) is 2.05. The average molecular weight is 211 g/mol. The highest BCUT2D eigenvalue weighted by molar-refractivity contribution is 7.12. The lowest BCUT2D eigenvalue weighted by molar-refractivity contribution is -0.146. The molecule has 0 spiro atoms. The second-order valence-electron chi connectivity index (χ2n) is 3.22. The molecule has 14 heavy (non-hydrogen) atoms. The molecule has 1 aromatic heterocycles. The zero-order valence-corrected chi connectivity index (χ0v) is 8.16. The van der Waals surface area contributed by atoms with Gasteiger partial charge in [-0.05, 0) is 11.4 Å². The molecule has 0 atom stereocenters. The fraction of sp³-hybridized carbons (Fsp3) is 0.333. The van der Waals surface area contributed by atoms with Crippen molar-refractivity contribution in [2.75, 3.05) is 13.1 Å². The van der Waals surface area contributed by atoms with Crippen molar-refractivity contribution in [2.24, 2.45) is 5.92 Å². The maximum absolute atomic E-state index is 11.6. The first-order valence-corrected chi connectivity index (χ1v) is 5.12. The Morgan fingerprint density at radius 1 is 1.50 bits per heavy atom. The smallest absolute Gasteiger partial charge is 0.310 e. The Morgan fingerprint density at radius 2 is 2.21 bits per heavy atom. The molecule has 0 saturated carbocycles. The summed E-state index contributed by atoms with van der Waals surface area (Å²) in [4.78, 5) is 24.3. The summed E-state index contributed by atoms with van der Waals surface area (Å²) in [6.07, 6.45) is 0. The fourth-order valence-electron chi connectivity index (χ4n) is 1.36. The number of thiophene rings is 1. The standard InChI is InChI=1S/C9H9NO3S/c11-8(7-2-1-3-14-7)10-4-6(5-10)9(12)13/h1-3,6H,4-5H2,(H,12,13). The van der Waals surface area contributed by atoms with Crippen LogP contribution in [0, 0.1) is 5.92 Å². The Bertz CT molecular complexity index is 354. The van der Waals surface area contributed by atoms with E-state index < -0.39 is 5.97 Å². The molecule has 0 aliphatic carbocycles. The average Bonchev–Trinajstić information content (AvgIpc) is 2.51. The zero-order chi connectivity index (χ0) is 10.1. The van der Waals surface area contributed by atoms with Gasteiger partial charge in [0.05, 0.1) is 10.8 Å². The minimum absolute atomic E-state index is 0.0579. The van der Waals surface area contributed by atoms with Crippen LogP contribution in [0.25, 0.3) is 0 Å². The minimum atomic E-state index is -0.819. The molecule has 0 radical (unpaired) electrons. The van der Waals surface area contributed by atoms with Gasteiger partial charge in [0.15, 0.2) is 0 Å². The van der Waals surface area contributed by atoms with Crippen molar-refractivity contribution in [3.05, 3.63) is 22.4 Å². The molecule has 0 aromatic carbocycles. The summed E-state index contributed by atoms with van der Waals surface area (Å²) in [6, 6.07) is 3.56. The number of carboxylic acid groups (broad SMARTS) is 1. The van der Waals surface area contributed by atoms with Gasteiger partial charge in [-0.2, -0.15) is 0 Å². The van der Waals surface area contributed by atoms with E-state index >= 15 is 0 Å². The third kappa shape index (κ3) is 1.50. The van der Waals surface area contributed by atoms with Crippen molar-refractivity contribution in [2.45, 2.75) is 0 Å². The number of rotatable bonds is 2. The van der Waals surface area contributed by atoms with Gasteiger partial charge in [0.1, 0.15) is 0 Å². The first kappa shape index (κ1) is 9.21. The largest absolute Gasteiger partial charge is 0.481 e. The van der Waals surface area contributed by atoms with E-state index in [0.29, 0.717) is 18.0 Å². The molecule has 0 bridgehead atoms. The van der Waals surface area contributed by atoms with Crippen LogP contribution >= 0.6 is 11.3 Å². The van der Waals surface area contributed by atoms with Crippen molar-refractivity contribution in [1.29, 1.82) is 0 Å². The van der Waals surface area contributed by atoms with E-state index in [2.05, 4.69) is 0 Å². The van der Waals surface area contributed by atoms with Crippen molar-refractivity contribution in [3.8, 4) is 0 Å². The highest BCUT2D eigenvalue weighted by Crippen LogP contribution is 2.20. The van der Waals surface area contributed by atoms with Crippen LogP contribution < -0.4 is 0 Å². The van der Waals surface area contributed by atoms with E-state index in [0.717, 1.165) is 0 Å². The van der Waals surface area contributed by atoms with Gasteiger partial charge in [0.2, 0.25) is 0 Å². The highest BCUT2D eigenvalue weighted by atomic mass is 32.1. The number of carbonyl (C=O) groups excluding carboxylic acids is 1. The number of hydrogen-bond donors (Lipinski definition) is 1. The molecule has 1 amide bonds. The summed E-state index contributed by atoms with van der Waals surface area (Å²) >= 11 is 1.38. The molecule has 5 heteroatoms. The van der Waals surface area contributed by atoms with E-state index in [-0.39, 0.29) is 11.8 Å². The van der Waals surface area contributed by atoms with Gasteiger partial charge < -0.3 is 10.0 Å². The molecule has 1 aliphatic rings. The first-order valence-electron chi connectivity index (χ1n) is 4.24. The predicted molar refractivity (Wildman–Crippen MR) is 51.3 cm³/mol. The number of amides is 1. The Kier molecular flexibility index (Phi) is 2.25. The van der Waals surface area contributed by atoms with Gasteiger partial charge in [0, 0.05) is 13.1 Å². The van der Waals surface area contributed by atoms with Crippen molar-refractivity contribution < 1.29 is 14.7 Å². The molecule has 0 unspecified atom stereocenters. The predicted octanol–water partition coefficient (Wildman–Crippen LogP) is 0.905. The van der Waals surface area contributed by atoms with Crippen molar-refractivity contribution in [3.63, 3.8) is 0 Å². The van der Waals surface area contributed by atoms with Gasteiger partial charge in [-0.15, -0.1) is 11.3 Å². The van der Waals surface area contributed by atoms with Gasteiger partial charge in [-0.25, -0.2) is 0 Å². The van der Waals surface area contributed by atoms with Gasteiger partial charge in [-0.3, -0.25) is 9.59 Å². The Labute approximate surface area is 84.8 Å². The molecule has 1 aliphatic heterocycles. The van der Waals surface area contributed by atoms with Crippen molar-refractivity contribution >= 4 is 23.2 Å². The summed E-state index contributed by atoms with van der Waals surface area (Å²) < 4.78 is 0. The second-order valence-corrected chi connectivity index (χ2v) is 4.17. The molecule has 4 nitrogen and oxygen atoms in total. The van der Waals surface area contributed by atoms with E-state index in [1.165, 1.54) is 11.3 Å². The van der Waals surface area contributed by atoms with Crippen LogP contribution in [0.1, 0.15) is 9.67 Å². The Hall–Kier alpha value is -1.36. The van der Waals surface area contributed by atoms with E-state index in [1.54, 1.807) is 11.0 Å². The van der Waals surface area contributed by atoms with E-state index in [4.69, 9.17) is 5.11 Å². The van der Waals surface area contributed by atoms with Crippen LogP contribution in [0.2, 0.25) is 0 Å². The van der Waals surface area contributed by atoms with Gasteiger partial charge in [-0.1, -0.05) is 6.07 Å². The lowest BCUT2D eigenvalue weighted by atomic mass is 10.0. The normalized spacial score (nSPS) is 16.4. The molecule has 74 valence electrons. The molecular formula is C9H9NO3S. The van der Waals surface area contributed by atoms with Gasteiger partial charge >= 0.3 is 5.97 Å². The van der Waals surface area contributed by atoms with Crippen LogP contribution in [0.5, 0.6) is 0 Å². The molecule has 2 heterocycles. The molecule has 2 rings (SSSR count). The summed E-state index contributed by atoms with van der Waals surface area (Å²) in [7, 11) is 0. The molecule has 1 aromatic rings. The second kappa shape index (κ2) is 3.42. The maximum atomic E-state index is 11.6. The Morgan fingerprint density at radius 3 is 2.71 bits per heavy atom.